The van der Waals surface area contributed by atoms with Crippen molar-refractivity contribution in [3.63, 3.8) is 0 Å². The first kappa shape index (κ1) is 14.8. The van der Waals surface area contributed by atoms with Gasteiger partial charge in [-0.25, -0.2) is 0 Å². The zero-order valence-corrected chi connectivity index (χ0v) is 10.4. The minimum atomic E-state index is -0.705. The predicted octanol–water partition coefficient (Wildman–Crippen LogP) is 2.90. The monoisotopic (exact) mass is 274 g/mol. The fourth-order valence-corrected chi connectivity index (χ4v) is 1.32. The summed E-state index contributed by atoms with van der Waals surface area (Å²) in [5.41, 5.74) is 0.0457. The molecular formula is C12H10N4O4. The van der Waals surface area contributed by atoms with Gasteiger partial charge in [-0.15, -0.1) is 0 Å². The largest absolute Gasteiger partial charge is 0.356 e. The van der Waals surface area contributed by atoms with Gasteiger partial charge in [0.05, 0.1) is 22.0 Å². The van der Waals surface area contributed by atoms with E-state index in [1.54, 1.807) is 6.92 Å². The second-order valence-electron chi connectivity index (χ2n) is 3.71. The maximum Gasteiger partial charge on any atom is 0.299 e. The van der Waals surface area contributed by atoms with Crippen molar-refractivity contribution in [1.82, 2.24) is 0 Å². The molecule has 0 amide bonds. The van der Waals surface area contributed by atoms with E-state index in [0.717, 1.165) is 6.07 Å². The number of allylic oxidation sites excluding steroid dienone is 3. The molecular weight excluding hydrogens is 264 g/mol. The number of hydrogen-bond donors (Lipinski definition) is 1. The van der Waals surface area contributed by atoms with Crippen molar-refractivity contribution in [2.45, 2.75) is 6.92 Å². The van der Waals surface area contributed by atoms with E-state index in [0.29, 0.717) is 5.57 Å². The van der Waals surface area contributed by atoms with Gasteiger partial charge < -0.3 is 5.32 Å². The fraction of sp³-hybridized carbons (Fsp3) is 0.0833. The van der Waals surface area contributed by atoms with Crippen LogP contribution < -0.4 is 5.32 Å². The molecule has 0 saturated heterocycles. The van der Waals surface area contributed by atoms with Gasteiger partial charge in [-0.2, -0.15) is 5.26 Å². The van der Waals surface area contributed by atoms with Gasteiger partial charge in [0.2, 0.25) is 0 Å². The van der Waals surface area contributed by atoms with Gasteiger partial charge in [0.25, 0.3) is 11.4 Å². The molecule has 8 nitrogen and oxygen atoms in total. The highest BCUT2D eigenvalue weighted by atomic mass is 16.6. The van der Waals surface area contributed by atoms with E-state index in [4.69, 9.17) is 5.26 Å². The maximum atomic E-state index is 10.9. The molecule has 1 N–H and O–H groups in total. The van der Waals surface area contributed by atoms with Gasteiger partial charge in [-0.3, -0.25) is 20.2 Å². The minimum absolute atomic E-state index is 0.130. The number of nitro benzene ring substituents is 2. The molecule has 0 aromatic heterocycles. The topological polar surface area (TPSA) is 122 Å². The molecule has 8 heteroatoms. The standard InChI is InChI=1S/C12H10N4O4/c1-9(3-2-6-13)8-14-11-5-4-10(15(17)18)7-12(11)16(19)20/h2-5,7-8,14H,1H3/b3-2+,9-8+. The number of nitro groups is 2. The molecule has 0 atom stereocenters. The van der Waals surface area contributed by atoms with Crippen LogP contribution in [0.25, 0.3) is 0 Å². The molecule has 0 fully saturated rings. The molecule has 0 bridgehead atoms. The van der Waals surface area contributed by atoms with Gasteiger partial charge >= 0.3 is 0 Å². The number of nitriles is 1. The van der Waals surface area contributed by atoms with Gasteiger partial charge in [0.1, 0.15) is 5.69 Å². The average Bonchev–Trinajstić information content (AvgIpc) is 2.42. The van der Waals surface area contributed by atoms with Crippen molar-refractivity contribution in [1.29, 1.82) is 5.26 Å². The van der Waals surface area contributed by atoms with Gasteiger partial charge in [0.15, 0.2) is 0 Å². The first-order chi connectivity index (χ1) is 9.45. The molecule has 1 rings (SSSR count). The third-order valence-electron chi connectivity index (χ3n) is 2.26. The molecule has 102 valence electrons. The highest BCUT2D eigenvalue weighted by Gasteiger charge is 2.18. The summed E-state index contributed by atoms with van der Waals surface area (Å²) in [5.74, 6) is 0. The van der Waals surface area contributed by atoms with Crippen LogP contribution in [-0.2, 0) is 0 Å². The summed E-state index contributed by atoms with van der Waals surface area (Å²) in [6.45, 7) is 1.69. The van der Waals surface area contributed by atoms with Crippen molar-refractivity contribution >= 4 is 17.1 Å². The number of non-ortho nitro benzene ring substituents is 1. The number of rotatable bonds is 5. The lowest BCUT2D eigenvalue weighted by Crippen LogP contribution is -1.98. The molecule has 0 unspecified atom stereocenters. The molecule has 0 saturated carbocycles. The van der Waals surface area contributed by atoms with E-state index in [1.807, 2.05) is 6.07 Å². The van der Waals surface area contributed by atoms with Crippen LogP contribution in [0.3, 0.4) is 0 Å². The second-order valence-corrected chi connectivity index (χ2v) is 3.71. The van der Waals surface area contributed by atoms with E-state index in [9.17, 15) is 20.2 Å². The van der Waals surface area contributed by atoms with Crippen molar-refractivity contribution in [2.24, 2.45) is 0 Å². The second kappa shape index (κ2) is 6.65. The Morgan fingerprint density at radius 3 is 2.60 bits per heavy atom. The van der Waals surface area contributed by atoms with Crippen LogP contribution in [0, 0.1) is 31.6 Å². The lowest BCUT2D eigenvalue weighted by atomic mass is 10.2. The number of nitrogens with zero attached hydrogens (tertiary/aromatic N) is 3. The first-order valence-electron chi connectivity index (χ1n) is 5.38. The summed E-state index contributed by atoms with van der Waals surface area (Å²) < 4.78 is 0. The summed E-state index contributed by atoms with van der Waals surface area (Å²) in [6, 6.07) is 5.13. The Morgan fingerprint density at radius 1 is 1.35 bits per heavy atom. The molecule has 1 aromatic rings. The van der Waals surface area contributed by atoms with E-state index in [1.165, 1.54) is 30.5 Å². The zero-order chi connectivity index (χ0) is 15.1. The number of nitrogens with one attached hydrogen (secondary N) is 1. The fourth-order valence-electron chi connectivity index (χ4n) is 1.32. The number of benzene rings is 1. The molecule has 1 aromatic carbocycles. The zero-order valence-electron chi connectivity index (χ0n) is 10.4. The van der Waals surface area contributed by atoms with E-state index >= 15 is 0 Å². The minimum Gasteiger partial charge on any atom is -0.356 e. The molecule has 20 heavy (non-hydrogen) atoms. The van der Waals surface area contributed by atoms with E-state index in [2.05, 4.69) is 5.32 Å². The SMILES string of the molecule is CC(/C=C/C#N)=C\Nc1ccc([N+](=O)[O-])cc1[N+](=O)[O-]. The first-order valence-corrected chi connectivity index (χ1v) is 5.38. The molecule has 0 heterocycles. The Morgan fingerprint density at radius 2 is 2.05 bits per heavy atom. The van der Waals surface area contributed by atoms with Crippen molar-refractivity contribution in [3.05, 3.63) is 62.4 Å². The molecule has 0 aliphatic carbocycles. The number of anilines is 1. The van der Waals surface area contributed by atoms with Crippen molar-refractivity contribution < 1.29 is 9.85 Å². The van der Waals surface area contributed by atoms with Gasteiger partial charge in [0, 0.05) is 18.3 Å². The van der Waals surface area contributed by atoms with Crippen molar-refractivity contribution in [2.75, 3.05) is 5.32 Å². The molecule has 0 spiro atoms. The third-order valence-corrected chi connectivity index (χ3v) is 2.26. The highest BCUT2D eigenvalue weighted by Crippen LogP contribution is 2.29. The number of hydrogen-bond acceptors (Lipinski definition) is 6. The van der Waals surface area contributed by atoms with Crippen LogP contribution in [0.4, 0.5) is 17.1 Å². The summed E-state index contributed by atoms with van der Waals surface area (Å²) in [6.07, 6.45) is 4.24. The maximum absolute atomic E-state index is 10.9. The van der Waals surface area contributed by atoms with Crippen LogP contribution in [0.1, 0.15) is 6.92 Å². The Bertz CT molecular complexity index is 643. The Kier molecular flexibility index (Phi) is 4.94. The molecule has 0 radical (unpaired) electrons. The summed E-state index contributed by atoms with van der Waals surface area (Å²) in [5, 5.41) is 32.5. The summed E-state index contributed by atoms with van der Waals surface area (Å²) >= 11 is 0. The normalized spacial score (nSPS) is 11.1. The van der Waals surface area contributed by atoms with Gasteiger partial charge in [-0.1, -0.05) is 0 Å². The van der Waals surface area contributed by atoms with Crippen LogP contribution in [0.2, 0.25) is 0 Å². The van der Waals surface area contributed by atoms with Crippen LogP contribution in [0.15, 0.2) is 42.1 Å². The lowest BCUT2D eigenvalue weighted by Gasteiger charge is -2.03. The van der Waals surface area contributed by atoms with E-state index < -0.39 is 15.5 Å². The Balaban J connectivity index is 3.07. The summed E-state index contributed by atoms with van der Waals surface area (Å²) in [4.78, 5) is 20.1. The summed E-state index contributed by atoms with van der Waals surface area (Å²) in [7, 11) is 0. The third kappa shape index (κ3) is 3.92. The Hall–Kier alpha value is -3.21. The predicted molar refractivity (Wildman–Crippen MR) is 71.9 cm³/mol. The lowest BCUT2D eigenvalue weighted by molar-refractivity contribution is -0.393. The van der Waals surface area contributed by atoms with Crippen LogP contribution >= 0.6 is 0 Å². The van der Waals surface area contributed by atoms with Gasteiger partial charge in [-0.05, 0) is 24.6 Å². The van der Waals surface area contributed by atoms with Crippen molar-refractivity contribution in [3.8, 4) is 6.07 Å². The Labute approximate surface area is 113 Å². The highest BCUT2D eigenvalue weighted by molar-refractivity contribution is 5.66. The quantitative estimate of drug-likeness (QED) is 0.381. The molecule has 0 aliphatic heterocycles. The average molecular weight is 274 g/mol. The molecule has 0 aliphatic rings. The van der Waals surface area contributed by atoms with Crippen LogP contribution in [-0.4, -0.2) is 9.85 Å². The smallest absolute Gasteiger partial charge is 0.299 e. The van der Waals surface area contributed by atoms with Crippen LogP contribution in [0.5, 0.6) is 0 Å². The van der Waals surface area contributed by atoms with E-state index in [-0.39, 0.29) is 11.4 Å².